The van der Waals surface area contributed by atoms with Gasteiger partial charge in [-0.3, -0.25) is 29.0 Å². The van der Waals surface area contributed by atoms with Gasteiger partial charge in [-0.25, -0.2) is 5.43 Å². The number of esters is 1. The number of aliphatic hydroxyl groups is 1. The lowest BCUT2D eigenvalue weighted by molar-refractivity contribution is -0.156. The molecule has 0 aromatic heterocycles. The van der Waals surface area contributed by atoms with Crippen molar-refractivity contribution >= 4 is 35.4 Å². The molecule has 14 heteroatoms. The Bertz CT molecular complexity index is 1830. The van der Waals surface area contributed by atoms with E-state index in [4.69, 9.17) is 4.74 Å². The highest BCUT2D eigenvalue weighted by atomic mass is 16.5. The van der Waals surface area contributed by atoms with Crippen LogP contribution in [-0.2, 0) is 39.9 Å². The number of hydrogen-bond acceptors (Lipinski definition) is 10. The summed E-state index contributed by atoms with van der Waals surface area (Å²) in [7, 11) is 1.83. The van der Waals surface area contributed by atoms with E-state index in [2.05, 4.69) is 16.1 Å². The highest BCUT2D eigenvalue weighted by molar-refractivity contribution is 5.93. The van der Waals surface area contributed by atoms with Gasteiger partial charge in [0.1, 0.15) is 35.8 Å². The van der Waals surface area contributed by atoms with Crippen LogP contribution in [-0.4, -0.2) is 105 Å². The molecule has 5 N–H and O–H groups in total. The summed E-state index contributed by atoms with van der Waals surface area (Å²) in [6.45, 7) is 8.80. The van der Waals surface area contributed by atoms with Gasteiger partial charge in [0.2, 0.25) is 17.7 Å². The third kappa shape index (κ3) is 15.1. The van der Waals surface area contributed by atoms with Crippen LogP contribution in [0.25, 0.3) is 0 Å². The predicted molar refractivity (Wildman–Crippen MR) is 237 cm³/mol. The summed E-state index contributed by atoms with van der Waals surface area (Å²) in [6, 6.07) is 3.39. The minimum atomic E-state index is -1.18. The molecule has 0 radical (unpaired) electrons. The van der Waals surface area contributed by atoms with E-state index in [0.717, 1.165) is 25.7 Å². The molecule has 7 atom stereocenters. The van der Waals surface area contributed by atoms with Crippen LogP contribution in [0.3, 0.4) is 0 Å². The Labute approximate surface area is 367 Å². The van der Waals surface area contributed by atoms with E-state index in [1.165, 1.54) is 36.6 Å². The summed E-state index contributed by atoms with van der Waals surface area (Å²) < 4.78 is 6.12. The van der Waals surface area contributed by atoms with E-state index in [0.29, 0.717) is 36.8 Å². The highest BCUT2D eigenvalue weighted by Crippen LogP contribution is 2.25. The molecule has 2 heterocycles. The molecule has 1 aromatic carbocycles. The molecule has 2 aliphatic heterocycles. The zero-order valence-corrected chi connectivity index (χ0v) is 37.4. The molecule has 14 nitrogen and oxygen atoms in total. The Balaban J connectivity index is 1.67. The number of nitrogens with one attached hydrogen (secondary N) is 3. The van der Waals surface area contributed by atoms with E-state index >= 15 is 0 Å². The Kier molecular flexibility index (Phi) is 19.6. The van der Waals surface area contributed by atoms with Gasteiger partial charge in [0.25, 0.3) is 5.91 Å². The van der Waals surface area contributed by atoms with Crippen molar-refractivity contribution in [3.05, 3.63) is 77.9 Å². The van der Waals surface area contributed by atoms with Crippen LogP contribution in [0.1, 0.15) is 111 Å². The SMILES string of the molecule is CC(=O)CC[C@H]1C(=O)N[C@@H](C(C)C)C(=O)N[C@@H](Cc2cccc(O)c2)C(=O)N2CCCC(N2)C(=O)O[C@H](/C(C)=C/C=C/C(=O)N(C)C2CCCCC2)C/C=C/C=C/C[C@H](C)[C@H]1O. The van der Waals surface area contributed by atoms with Gasteiger partial charge in [-0.2, -0.15) is 0 Å². The zero-order chi connectivity index (χ0) is 45.3. The topological polar surface area (TPSA) is 195 Å². The summed E-state index contributed by atoms with van der Waals surface area (Å²) in [5.74, 6) is -4.39. The predicted octanol–water partition coefficient (Wildman–Crippen LogP) is 5.15. The van der Waals surface area contributed by atoms with Gasteiger partial charge in [-0.15, -0.1) is 0 Å². The number of allylic oxidation sites excluding steroid dienone is 5. The van der Waals surface area contributed by atoms with E-state index in [-0.39, 0.29) is 49.3 Å². The molecular weight excluding hydrogens is 791 g/mol. The second-order valence-electron chi connectivity index (χ2n) is 17.6. The molecule has 4 amide bonds. The lowest BCUT2D eigenvalue weighted by atomic mass is 9.85. The third-order valence-electron chi connectivity index (χ3n) is 12.2. The number of amides is 4. The number of likely N-dealkylation sites (N-methyl/N-ethyl adjacent to an activating group) is 1. The van der Waals surface area contributed by atoms with Crippen molar-refractivity contribution in [3.8, 4) is 5.75 Å². The minimum Gasteiger partial charge on any atom is -0.508 e. The van der Waals surface area contributed by atoms with Crippen molar-refractivity contribution in [3.63, 3.8) is 0 Å². The molecule has 1 aliphatic carbocycles. The lowest BCUT2D eigenvalue weighted by Gasteiger charge is -2.36. The number of fused-ring (bicyclic) bond motifs is 2. The smallest absolute Gasteiger partial charge is 0.325 e. The molecule has 1 unspecified atom stereocenters. The van der Waals surface area contributed by atoms with Crippen molar-refractivity contribution in [2.45, 2.75) is 148 Å². The molecule has 62 heavy (non-hydrogen) atoms. The number of ether oxygens (including phenoxy) is 1. The number of ketones is 1. The van der Waals surface area contributed by atoms with Crippen LogP contribution < -0.4 is 16.1 Å². The van der Waals surface area contributed by atoms with Crippen molar-refractivity contribution < 1.29 is 43.7 Å². The van der Waals surface area contributed by atoms with Crippen LogP contribution in [0.2, 0.25) is 0 Å². The van der Waals surface area contributed by atoms with Crippen LogP contribution >= 0.6 is 0 Å². The number of benzene rings is 1. The minimum absolute atomic E-state index is 0.0130. The fourth-order valence-corrected chi connectivity index (χ4v) is 8.19. The number of Topliss-reactive ketones (excluding diaryl/α,β-unsaturated/α-hetero) is 1. The van der Waals surface area contributed by atoms with Gasteiger partial charge >= 0.3 is 5.97 Å². The fraction of sp³-hybridized carbons (Fsp3) is 0.583. The van der Waals surface area contributed by atoms with Crippen molar-refractivity contribution in [2.75, 3.05) is 13.6 Å². The Morgan fingerprint density at radius 1 is 0.968 bits per heavy atom. The third-order valence-corrected chi connectivity index (χ3v) is 12.2. The largest absolute Gasteiger partial charge is 0.508 e. The number of hydrazine groups is 1. The number of phenols is 1. The lowest BCUT2D eigenvalue weighted by Crippen LogP contribution is -2.62. The summed E-state index contributed by atoms with van der Waals surface area (Å²) >= 11 is 0. The molecule has 2 bridgehead atoms. The summed E-state index contributed by atoms with van der Waals surface area (Å²) in [6.07, 6.45) is 17.6. The van der Waals surface area contributed by atoms with Crippen LogP contribution in [0.5, 0.6) is 5.75 Å². The fourth-order valence-electron chi connectivity index (χ4n) is 8.19. The Hall–Kier alpha value is -5.08. The Morgan fingerprint density at radius 3 is 2.35 bits per heavy atom. The molecular formula is C48H69N5O9. The molecule has 4 rings (SSSR count). The van der Waals surface area contributed by atoms with Crippen molar-refractivity contribution in [1.82, 2.24) is 26.0 Å². The van der Waals surface area contributed by atoms with E-state index < -0.39 is 71.8 Å². The monoisotopic (exact) mass is 860 g/mol. The zero-order valence-electron chi connectivity index (χ0n) is 37.4. The number of aliphatic hydroxyl groups excluding tert-OH is 1. The van der Waals surface area contributed by atoms with Crippen LogP contribution in [0.15, 0.2) is 72.4 Å². The van der Waals surface area contributed by atoms with E-state index in [9.17, 15) is 39.0 Å². The number of rotatable bonds is 10. The second-order valence-corrected chi connectivity index (χ2v) is 17.6. The average molecular weight is 860 g/mol. The summed E-state index contributed by atoms with van der Waals surface area (Å²) in [5, 5.41) is 28.7. The van der Waals surface area contributed by atoms with Gasteiger partial charge in [-0.1, -0.05) is 88.6 Å². The maximum absolute atomic E-state index is 14.4. The second kappa shape index (κ2) is 24.5. The van der Waals surface area contributed by atoms with Gasteiger partial charge in [0, 0.05) is 45.0 Å². The number of hydrogen-bond donors (Lipinski definition) is 5. The molecule has 2 fully saturated rings. The maximum Gasteiger partial charge on any atom is 0.325 e. The quantitative estimate of drug-likeness (QED) is 0.119. The molecule has 340 valence electrons. The molecule has 1 saturated carbocycles. The van der Waals surface area contributed by atoms with Gasteiger partial charge < -0.3 is 35.3 Å². The van der Waals surface area contributed by atoms with E-state index in [1.54, 1.807) is 43.0 Å². The van der Waals surface area contributed by atoms with Crippen molar-refractivity contribution in [1.29, 1.82) is 0 Å². The van der Waals surface area contributed by atoms with Gasteiger partial charge in [-0.05, 0) is 87.5 Å². The highest BCUT2D eigenvalue weighted by Gasteiger charge is 2.38. The van der Waals surface area contributed by atoms with Crippen molar-refractivity contribution in [2.24, 2.45) is 17.8 Å². The van der Waals surface area contributed by atoms with Crippen LogP contribution in [0, 0.1) is 17.8 Å². The summed E-state index contributed by atoms with van der Waals surface area (Å²) in [5.41, 5.74) is 4.31. The number of nitrogens with zero attached hydrogens (tertiary/aromatic N) is 2. The number of carbonyl (C=O) groups excluding carboxylic acids is 6. The Morgan fingerprint density at radius 2 is 1.68 bits per heavy atom. The number of carbonyl (C=O) groups is 6. The standard InChI is InChI=1S/C48H69N5O9/c1-31(2)43-46(59)49-40(30-35-19-15-22-37(55)29-35)47(60)53-28-16-23-39(51-53)48(61)62-41(32(3)18-14-25-42(56)52(6)36-20-11-9-12-21-36)24-13-8-7-10-17-33(4)44(57)38(45(58)50-43)27-26-34(5)54/h7-8,10,13-15,18-19,22,25,29,31,33,36,38-41,43-44,51,55,57H,9,11-12,16-17,20-21,23-24,26-28,30H2,1-6H3,(H,49,59)(H,50,58)/b10-7+,13-8+,25-14+,32-18+/t33-,38+,39?,40-,41-,43-,44+/m0/s1. The molecule has 0 spiro atoms. The van der Waals surface area contributed by atoms with Gasteiger partial charge in [0.05, 0.1) is 12.0 Å². The first kappa shape index (κ1) is 49.6. The number of cyclic esters (lactones) is 1. The van der Waals surface area contributed by atoms with E-state index in [1.807, 2.05) is 45.2 Å². The van der Waals surface area contributed by atoms with Crippen LogP contribution in [0.4, 0.5) is 0 Å². The number of aromatic hydroxyl groups is 1. The first-order valence-corrected chi connectivity index (χ1v) is 22.3. The molecule has 1 saturated heterocycles. The summed E-state index contributed by atoms with van der Waals surface area (Å²) in [4.78, 5) is 83.2. The first-order valence-electron chi connectivity index (χ1n) is 22.3. The first-order chi connectivity index (χ1) is 29.5. The average Bonchev–Trinajstić information content (AvgIpc) is 3.24. The number of phenolic OH excluding ortho intramolecular Hbond substituents is 1. The maximum atomic E-state index is 14.4. The normalized spacial score (nSPS) is 28.0. The molecule has 1 aromatic rings. The molecule has 3 aliphatic rings. The van der Waals surface area contributed by atoms with Gasteiger partial charge in [0.15, 0.2) is 0 Å².